The van der Waals surface area contributed by atoms with Crippen LogP contribution >= 0.6 is 11.8 Å². The van der Waals surface area contributed by atoms with Gasteiger partial charge in [0.1, 0.15) is 11.3 Å². The van der Waals surface area contributed by atoms with Gasteiger partial charge in [0.05, 0.1) is 6.54 Å². The number of thioether (sulfide) groups is 1. The van der Waals surface area contributed by atoms with Crippen LogP contribution in [0, 0.1) is 0 Å². The van der Waals surface area contributed by atoms with Gasteiger partial charge in [0.25, 0.3) is 0 Å². The third kappa shape index (κ3) is 3.62. The first kappa shape index (κ1) is 14.9. The zero-order chi connectivity index (χ0) is 14.7. The van der Waals surface area contributed by atoms with Gasteiger partial charge in [-0.05, 0) is 6.07 Å². The zero-order valence-electron chi connectivity index (χ0n) is 12.9. The van der Waals surface area contributed by atoms with Crippen LogP contribution in [-0.4, -0.2) is 35.5 Å². The Balaban J connectivity index is 1.86. The van der Waals surface area contributed by atoms with Crippen LogP contribution in [0.4, 0.5) is 0 Å². The highest BCUT2D eigenvalue weighted by Crippen LogP contribution is 2.27. The first-order valence-electron chi connectivity index (χ1n) is 7.77. The van der Waals surface area contributed by atoms with Crippen LogP contribution in [0.5, 0.6) is 0 Å². The fourth-order valence-electron chi connectivity index (χ4n) is 2.74. The number of para-hydroxylation sites is 1. The number of fused-ring (bicyclic) bond motifs is 1. The molecule has 0 radical (unpaired) electrons. The van der Waals surface area contributed by atoms with E-state index < -0.39 is 0 Å². The van der Waals surface area contributed by atoms with Crippen LogP contribution < -0.4 is 5.32 Å². The molecule has 2 heterocycles. The van der Waals surface area contributed by atoms with Crippen molar-refractivity contribution in [2.24, 2.45) is 0 Å². The summed E-state index contributed by atoms with van der Waals surface area (Å²) in [6.45, 7) is 8.52. The van der Waals surface area contributed by atoms with Crippen molar-refractivity contribution in [2.45, 2.75) is 33.0 Å². The van der Waals surface area contributed by atoms with Gasteiger partial charge in [-0.2, -0.15) is 11.8 Å². The number of hydrogen-bond acceptors (Lipinski definition) is 4. The van der Waals surface area contributed by atoms with Crippen LogP contribution in [0.3, 0.4) is 0 Å². The second-order valence-electron chi connectivity index (χ2n) is 5.92. The molecule has 3 rings (SSSR count). The van der Waals surface area contributed by atoms with Crippen molar-refractivity contribution in [3.05, 3.63) is 35.6 Å². The van der Waals surface area contributed by atoms with E-state index in [-0.39, 0.29) is 0 Å². The lowest BCUT2D eigenvalue weighted by Gasteiger charge is -2.25. The highest BCUT2D eigenvalue weighted by atomic mass is 32.2. The molecular weight excluding hydrogens is 280 g/mol. The molecule has 0 amide bonds. The Bertz CT molecular complexity index is 587. The summed E-state index contributed by atoms with van der Waals surface area (Å²) in [4.78, 5) is 2.51. The van der Waals surface area contributed by atoms with Crippen LogP contribution in [0.15, 0.2) is 28.7 Å². The van der Waals surface area contributed by atoms with Crippen LogP contribution in [0.1, 0.15) is 25.2 Å². The molecule has 1 aromatic carbocycles. The molecule has 0 bridgehead atoms. The molecule has 0 spiro atoms. The Morgan fingerprint density at radius 2 is 2.00 bits per heavy atom. The summed E-state index contributed by atoms with van der Waals surface area (Å²) in [7, 11) is 0. The molecule has 1 aromatic heterocycles. The van der Waals surface area contributed by atoms with Crippen LogP contribution in [0.2, 0.25) is 0 Å². The summed E-state index contributed by atoms with van der Waals surface area (Å²) in [6.07, 6.45) is 0. The van der Waals surface area contributed by atoms with Crippen molar-refractivity contribution in [3.63, 3.8) is 0 Å². The molecule has 1 aliphatic rings. The van der Waals surface area contributed by atoms with E-state index in [1.807, 2.05) is 17.8 Å². The van der Waals surface area contributed by atoms with Crippen molar-refractivity contribution in [1.29, 1.82) is 0 Å². The van der Waals surface area contributed by atoms with E-state index in [0.29, 0.717) is 6.04 Å². The number of rotatable bonds is 5. The maximum Gasteiger partial charge on any atom is 0.134 e. The molecule has 4 heteroatoms. The third-order valence-corrected chi connectivity index (χ3v) is 4.88. The van der Waals surface area contributed by atoms with Gasteiger partial charge in [0, 0.05) is 48.1 Å². The van der Waals surface area contributed by atoms with Gasteiger partial charge in [-0.25, -0.2) is 0 Å². The van der Waals surface area contributed by atoms with E-state index in [0.717, 1.165) is 24.4 Å². The zero-order valence-corrected chi connectivity index (χ0v) is 13.7. The van der Waals surface area contributed by atoms with Gasteiger partial charge in [-0.15, -0.1) is 0 Å². The van der Waals surface area contributed by atoms with E-state index >= 15 is 0 Å². The Hall–Kier alpha value is -0.970. The fraction of sp³-hybridized carbons (Fsp3) is 0.529. The average Bonchev–Trinajstić information content (AvgIpc) is 2.83. The Kier molecular flexibility index (Phi) is 4.88. The first-order chi connectivity index (χ1) is 10.2. The summed E-state index contributed by atoms with van der Waals surface area (Å²) >= 11 is 2.05. The molecule has 2 aromatic rings. The molecule has 0 unspecified atom stereocenters. The number of nitrogens with zero attached hydrogens (tertiary/aromatic N) is 1. The second-order valence-corrected chi connectivity index (χ2v) is 7.15. The lowest BCUT2D eigenvalue weighted by Crippen LogP contribution is -2.32. The smallest absolute Gasteiger partial charge is 0.134 e. The SMILES string of the molecule is CC(C)NCc1c(CN2CCSCC2)oc2ccccc12. The highest BCUT2D eigenvalue weighted by molar-refractivity contribution is 7.99. The number of hydrogen-bond donors (Lipinski definition) is 1. The molecule has 1 fully saturated rings. The minimum absolute atomic E-state index is 0.484. The summed E-state index contributed by atoms with van der Waals surface area (Å²) < 4.78 is 6.15. The van der Waals surface area contributed by atoms with E-state index in [1.54, 1.807) is 0 Å². The van der Waals surface area contributed by atoms with Crippen molar-refractivity contribution in [1.82, 2.24) is 10.2 Å². The number of benzene rings is 1. The van der Waals surface area contributed by atoms with Crippen LogP contribution in [0.25, 0.3) is 11.0 Å². The predicted octanol–water partition coefficient (Wildman–Crippen LogP) is 3.48. The molecule has 1 N–H and O–H groups in total. The van der Waals surface area contributed by atoms with E-state index in [9.17, 15) is 0 Å². The van der Waals surface area contributed by atoms with Gasteiger partial charge < -0.3 is 9.73 Å². The second kappa shape index (κ2) is 6.86. The summed E-state index contributed by atoms with van der Waals surface area (Å²) in [5, 5.41) is 4.79. The Labute approximate surface area is 131 Å². The topological polar surface area (TPSA) is 28.4 Å². The van der Waals surface area contributed by atoms with Crippen molar-refractivity contribution < 1.29 is 4.42 Å². The largest absolute Gasteiger partial charge is 0.459 e. The highest BCUT2D eigenvalue weighted by Gasteiger charge is 2.18. The van der Waals surface area contributed by atoms with E-state index in [1.165, 1.54) is 35.5 Å². The van der Waals surface area contributed by atoms with Gasteiger partial charge in [-0.1, -0.05) is 32.0 Å². The maximum atomic E-state index is 6.15. The van der Waals surface area contributed by atoms with E-state index in [2.05, 4.69) is 42.3 Å². The number of furan rings is 1. The number of nitrogens with one attached hydrogen (secondary N) is 1. The molecule has 3 nitrogen and oxygen atoms in total. The fourth-order valence-corrected chi connectivity index (χ4v) is 3.72. The van der Waals surface area contributed by atoms with Crippen molar-refractivity contribution >= 4 is 22.7 Å². The molecule has 0 aliphatic carbocycles. The summed E-state index contributed by atoms with van der Waals surface area (Å²) in [6, 6.07) is 8.87. The van der Waals surface area contributed by atoms with Gasteiger partial charge in [0.15, 0.2) is 0 Å². The Morgan fingerprint density at radius 3 is 2.76 bits per heavy atom. The molecule has 1 saturated heterocycles. The van der Waals surface area contributed by atoms with Gasteiger partial charge in [0.2, 0.25) is 0 Å². The summed E-state index contributed by atoms with van der Waals surface area (Å²) in [5.74, 6) is 3.61. The van der Waals surface area contributed by atoms with Crippen LogP contribution in [-0.2, 0) is 13.1 Å². The van der Waals surface area contributed by atoms with E-state index in [4.69, 9.17) is 4.42 Å². The molecule has 114 valence electrons. The molecule has 21 heavy (non-hydrogen) atoms. The Morgan fingerprint density at radius 1 is 1.24 bits per heavy atom. The monoisotopic (exact) mass is 304 g/mol. The minimum atomic E-state index is 0.484. The van der Waals surface area contributed by atoms with Crippen molar-refractivity contribution in [2.75, 3.05) is 24.6 Å². The van der Waals surface area contributed by atoms with Gasteiger partial charge in [-0.3, -0.25) is 4.90 Å². The maximum absolute atomic E-state index is 6.15. The van der Waals surface area contributed by atoms with Gasteiger partial charge >= 0.3 is 0 Å². The molecule has 1 aliphatic heterocycles. The quantitative estimate of drug-likeness (QED) is 0.915. The molecule has 0 saturated carbocycles. The third-order valence-electron chi connectivity index (χ3n) is 3.94. The minimum Gasteiger partial charge on any atom is -0.459 e. The molecule has 0 atom stereocenters. The summed E-state index contributed by atoms with van der Waals surface area (Å²) in [5.41, 5.74) is 2.34. The first-order valence-corrected chi connectivity index (χ1v) is 8.92. The normalized spacial score (nSPS) is 16.9. The standard InChI is InChI=1S/C17H24N2OS/c1-13(2)18-11-15-14-5-3-4-6-16(14)20-17(15)12-19-7-9-21-10-8-19/h3-6,13,18H,7-12H2,1-2H3. The lowest BCUT2D eigenvalue weighted by atomic mass is 10.1. The molecular formula is C17H24N2OS. The lowest BCUT2D eigenvalue weighted by molar-refractivity contribution is 0.269. The average molecular weight is 304 g/mol. The van der Waals surface area contributed by atoms with Crippen molar-refractivity contribution in [3.8, 4) is 0 Å². The predicted molar refractivity (Wildman–Crippen MR) is 90.8 cm³/mol.